The quantitative estimate of drug-likeness (QED) is 0.520. The van der Waals surface area contributed by atoms with Gasteiger partial charge < -0.3 is 10.1 Å². The van der Waals surface area contributed by atoms with E-state index in [0.29, 0.717) is 5.56 Å². The van der Waals surface area contributed by atoms with Crippen molar-refractivity contribution in [2.75, 3.05) is 0 Å². The number of rotatable bonds is 3. The maximum absolute atomic E-state index is 11.9. The predicted octanol–water partition coefficient (Wildman–Crippen LogP) is 2.32. The summed E-state index contributed by atoms with van der Waals surface area (Å²) in [5, 5.41) is 12.7. The summed E-state index contributed by atoms with van der Waals surface area (Å²) in [4.78, 5) is 37.1. The van der Waals surface area contributed by atoms with Crippen LogP contribution < -0.4 is 5.32 Å². The second kappa shape index (κ2) is 6.23. The van der Waals surface area contributed by atoms with Crippen LogP contribution in [0.4, 0.5) is 5.82 Å². The summed E-state index contributed by atoms with van der Waals surface area (Å²) < 4.78 is 0.801. The Balaban J connectivity index is 2.14. The molecule has 0 aliphatic heterocycles. The van der Waals surface area contributed by atoms with E-state index >= 15 is 0 Å². The van der Waals surface area contributed by atoms with Gasteiger partial charge in [0.05, 0.1) is 5.56 Å². The van der Waals surface area contributed by atoms with Gasteiger partial charge in [0.25, 0.3) is 11.8 Å². The second-order valence-corrected chi connectivity index (χ2v) is 4.87. The van der Waals surface area contributed by atoms with E-state index in [1.165, 1.54) is 6.07 Å². The fraction of sp³-hybridized carbons (Fsp3) is 0. The molecule has 0 atom stereocenters. The summed E-state index contributed by atoms with van der Waals surface area (Å²) in [6, 6.07) is 8.71. The van der Waals surface area contributed by atoms with Crippen LogP contribution in [0.25, 0.3) is 0 Å². The van der Waals surface area contributed by atoms with Crippen molar-refractivity contribution in [1.82, 2.24) is 10.3 Å². The molecule has 0 bridgehead atoms. The van der Waals surface area contributed by atoms with E-state index in [0.717, 1.165) is 16.7 Å². The first-order chi connectivity index (χ1) is 9.97. The largest absolute Gasteiger partial charge is 0.364 e. The van der Waals surface area contributed by atoms with E-state index in [-0.39, 0.29) is 5.56 Å². The van der Waals surface area contributed by atoms with Crippen LogP contribution in [0.2, 0.25) is 0 Å². The first-order valence-corrected chi connectivity index (χ1v) is 6.48. The first kappa shape index (κ1) is 14.8. The van der Waals surface area contributed by atoms with Crippen LogP contribution in [0.15, 0.2) is 47.1 Å². The molecular weight excluding hydrogens is 342 g/mol. The van der Waals surface area contributed by atoms with Gasteiger partial charge in [-0.25, -0.2) is 0 Å². The zero-order valence-electron chi connectivity index (χ0n) is 10.4. The van der Waals surface area contributed by atoms with Crippen molar-refractivity contribution in [1.29, 1.82) is 0 Å². The molecule has 2 amide bonds. The van der Waals surface area contributed by atoms with E-state index in [1.807, 2.05) is 0 Å². The second-order valence-electron chi connectivity index (χ2n) is 3.95. The molecule has 1 heterocycles. The number of hydrogen-bond donors (Lipinski definition) is 1. The Morgan fingerprint density at radius 2 is 1.71 bits per heavy atom. The van der Waals surface area contributed by atoms with Crippen LogP contribution >= 0.6 is 15.9 Å². The molecule has 0 radical (unpaired) electrons. The van der Waals surface area contributed by atoms with Gasteiger partial charge in [0.2, 0.25) is 0 Å². The molecule has 0 fully saturated rings. The highest BCUT2D eigenvalue weighted by molar-refractivity contribution is 9.10. The molecule has 8 heteroatoms. The molecule has 0 aliphatic rings. The third-order valence-electron chi connectivity index (χ3n) is 2.53. The number of carbonyl (C=O) groups excluding carboxylic acids is 2. The molecule has 106 valence electrons. The van der Waals surface area contributed by atoms with E-state index in [2.05, 4.69) is 26.2 Å². The molecule has 0 saturated carbocycles. The smallest absolute Gasteiger partial charge is 0.358 e. The van der Waals surface area contributed by atoms with Crippen LogP contribution in [-0.2, 0) is 0 Å². The molecule has 1 N–H and O–H groups in total. The van der Waals surface area contributed by atoms with Crippen LogP contribution in [0.3, 0.4) is 0 Å². The number of imide groups is 1. The van der Waals surface area contributed by atoms with Gasteiger partial charge in [0.15, 0.2) is 0 Å². The van der Waals surface area contributed by atoms with Gasteiger partial charge in [-0.15, -0.1) is 0 Å². The monoisotopic (exact) mass is 349 g/mol. The average Bonchev–Trinajstić information content (AvgIpc) is 2.48. The Morgan fingerprint density at radius 1 is 1.10 bits per heavy atom. The summed E-state index contributed by atoms with van der Waals surface area (Å²) in [5.41, 5.74) is 0.289. The highest BCUT2D eigenvalue weighted by atomic mass is 79.9. The molecule has 0 unspecified atom stereocenters. The lowest BCUT2D eigenvalue weighted by molar-refractivity contribution is -0.389. The van der Waals surface area contributed by atoms with E-state index in [1.54, 1.807) is 24.3 Å². The van der Waals surface area contributed by atoms with Crippen molar-refractivity contribution in [3.63, 3.8) is 0 Å². The number of pyridine rings is 1. The van der Waals surface area contributed by atoms with Gasteiger partial charge in [0, 0.05) is 16.1 Å². The molecule has 1 aromatic carbocycles. The van der Waals surface area contributed by atoms with Crippen LogP contribution in [-0.4, -0.2) is 21.7 Å². The molecule has 0 spiro atoms. The number of carbonyl (C=O) groups is 2. The highest BCUT2D eigenvalue weighted by Crippen LogP contribution is 2.12. The fourth-order valence-electron chi connectivity index (χ4n) is 1.51. The highest BCUT2D eigenvalue weighted by Gasteiger charge is 2.16. The Labute approximate surface area is 127 Å². The standard InChI is InChI=1S/C13H8BrN3O4/c14-10-3-1-8(2-4-10)12(18)16-13(19)9-5-6-15-11(7-9)17(20)21/h1-7H,(H,16,18,19). The minimum atomic E-state index is -0.728. The van der Waals surface area contributed by atoms with Crippen molar-refractivity contribution in [3.05, 3.63) is 68.3 Å². The lowest BCUT2D eigenvalue weighted by Crippen LogP contribution is -2.30. The number of nitrogens with zero attached hydrogens (tertiary/aromatic N) is 2. The average molecular weight is 350 g/mol. The lowest BCUT2D eigenvalue weighted by atomic mass is 10.2. The summed E-state index contributed by atoms with van der Waals surface area (Å²) in [5.74, 6) is -1.78. The first-order valence-electron chi connectivity index (χ1n) is 5.69. The number of benzene rings is 1. The molecule has 0 saturated heterocycles. The van der Waals surface area contributed by atoms with Crippen LogP contribution in [0.1, 0.15) is 20.7 Å². The van der Waals surface area contributed by atoms with Gasteiger partial charge in [-0.2, -0.15) is 0 Å². The molecule has 2 aromatic rings. The molecule has 0 aliphatic carbocycles. The zero-order valence-corrected chi connectivity index (χ0v) is 12.0. The number of aromatic nitrogens is 1. The lowest BCUT2D eigenvalue weighted by Gasteiger charge is -2.04. The molecule has 2 rings (SSSR count). The summed E-state index contributed by atoms with van der Waals surface area (Å²) in [7, 11) is 0. The maximum atomic E-state index is 11.9. The predicted molar refractivity (Wildman–Crippen MR) is 76.8 cm³/mol. The Hall–Kier alpha value is -2.61. The molecule has 21 heavy (non-hydrogen) atoms. The van der Waals surface area contributed by atoms with Gasteiger partial charge in [0.1, 0.15) is 6.20 Å². The third kappa shape index (κ3) is 3.69. The van der Waals surface area contributed by atoms with E-state index in [4.69, 9.17) is 0 Å². The zero-order chi connectivity index (χ0) is 15.4. The number of nitro groups is 1. The number of halogens is 1. The maximum Gasteiger partial charge on any atom is 0.364 e. The van der Waals surface area contributed by atoms with Crippen molar-refractivity contribution in [2.24, 2.45) is 0 Å². The fourth-order valence-corrected chi connectivity index (χ4v) is 1.77. The van der Waals surface area contributed by atoms with Crippen molar-refractivity contribution in [2.45, 2.75) is 0 Å². The van der Waals surface area contributed by atoms with Gasteiger partial charge in [-0.05, 0) is 40.2 Å². The number of hydrogen-bond acceptors (Lipinski definition) is 5. The Bertz CT molecular complexity index is 716. The third-order valence-corrected chi connectivity index (χ3v) is 3.06. The van der Waals surface area contributed by atoms with Crippen molar-refractivity contribution in [3.8, 4) is 0 Å². The number of nitrogens with one attached hydrogen (secondary N) is 1. The minimum absolute atomic E-state index is 0.0119. The molecule has 1 aromatic heterocycles. The topological polar surface area (TPSA) is 102 Å². The van der Waals surface area contributed by atoms with Gasteiger partial charge in [-0.1, -0.05) is 15.9 Å². The molecular formula is C13H8BrN3O4. The van der Waals surface area contributed by atoms with E-state index < -0.39 is 22.6 Å². The van der Waals surface area contributed by atoms with E-state index in [9.17, 15) is 19.7 Å². The SMILES string of the molecule is O=C(NC(=O)c1ccnc([N+](=O)[O-])c1)c1ccc(Br)cc1. The summed E-state index contributed by atoms with van der Waals surface area (Å²) in [6.45, 7) is 0. The Kier molecular flexibility index (Phi) is 4.39. The normalized spacial score (nSPS) is 9.95. The van der Waals surface area contributed by atoms with Gasteiger partial charge in [-0.3, -0.25) is 14.9 Å². The summed E-state index contributed by atoms with van der Waals surface area (Å²) >= 11 is 3.23. The minimum Gasteiger partial charge on any atom is -0.358 e. The van der Waals surface area contributed by atoms with Crippen molar-refractivity contribution >= 4 is 33.6 Å². The van der Waals surface area contributed by atoms with Crippen molar-refractivity contribution < 1.29 is 14.5 Å². The molecule has 7 nitrogen and oxygen atoms in total. The number of amides is 2. The van der Waals surface area contributed by atoms with Gasteiger partial charge >= 0.3 is 5.82 Å². The Morgan fingerprint density at radius 3 is 2.33 bits per heavy atom. The van der Waals surface area contributed by atoms with Crippen LogP contribution in [0.5, 0.6) is 0 Å². The summed E-state index contributed by atoms with van der Waals surface area (Å²) in [6.07, 6.45) is 1.14. The van der Waals surface area contributed by atoms with Crippen LogP contribution in [0, 0.1) is 10.1 Å².